The number of fused-ring (bicyclic) bond motifs is 4. The van der Waals surface area contributed by atoms with Crippen LogP contribution in [0.25, 0.3) is 5.00 Å². The molecule has 1 amide bonds. The third-order valence-electron chi connectivity index (χ3n) is 14.8. The molecule has 0 saturated carbocycles. The van der Waals surface area contributed by atoms with Gasteiger partial charge in [-0.25, -0.2) is 9.37 Å². The Morgan fingerprint density at radius 3 is 2.32 bits per heavy atom. The lowest BCUT2D eigenvalue weighted by Crippen LogP contribution is -2.50. The van der Waals surface area contributed by atoms with E-state index in [4.69, 9.17) is 21.6 Å². The number of rotatable bonds is 18. The molecule has 4 aliphatic rings. The van der Waals surface area contributed by atoms with Crippen LogP contribution in [0.3, 0.4) is 0 Å². The number of aromatic nitrogens is 4. The molecule has 5 aromatic rings. The summed E-state index contributed by atoms with van der Waals surface area (Å²) < 4.78 is 16.2. The highest BCUT2D eigenvalue weighted by Gasteiger charge is 2.41. The number of nitrogens with one attached hydrogen (secondary N) is 1. The zero-order valence-corrected chi connectivity index (χ0v) is 40.7. The van der Waals surface area contributed by atoms with E-state index >= 15 is 0 Å². The van der Waals surface area contributed by atoms with Gasteiger partial charge in [0.15, 0.2) is 5.82 Å². The first kappa shape index (κ1) is 46.3. The number of carbonyl (C=O) groups is 1. The fraction of sp³-hybridized carbons (Fsp3) is 0.528. The number of carbonyl (C=O) groups excluding carboxylic acids is 1. The maximum absolute atomic E-state index is 14.1. The second-order valence-electron chi connectivity index (χ2n) is 19.2. The molecule has 3 fully saturated rings. The van der Waals surface area contributed by atoms with E-state index in [1.165, 1.54) is 86.4 Å². The molecule has 10 nitrogen and oxygen atoms in total. The van der Waals surface area contributed by atoms with Crippen LogP contribution in [0, 0.1) is 32.5 Å². The largest absolute Gasteiger partial charge is 0.371 e. The van der Waals surface area contributed by atoms with Gasteiger partial charge in [-0.3, -0.25) is 14.4 Å². The molecule has 0 bridgehead atoms. The van der Waals surface area contributed by atoms with Gasteiger partial charge in [0.2, 0.25) is 5.91 Å². The molecule has 2 aromatic carbocycles. The third-order valence-corrected chi connectivity index (χ3v) is 16.2. The second-order valence-corrected chi connectivity index (χ2v) is 20.8. The highest BCUT2D eigenvalue weighted by molar-refractivity contribution is 7.15. The van der Waals surface area contributed by atoms with Gasteiger partial charge in [0.1, 0.15) is 28.5 Å². The smallest absolute Gasteiger partial charge is 0.222 e. The molecule has 66 heavy (non-hydrogen) atoms. The Bertz CT molecular complexity index is 2460. The normalized spacial score (nSPS) is 19.6. The van der Waals surface area contributed by atoms with E-state index in [0.29, 0.717) is 29.5 Å². The first-order valence-corrected chi connectivity index (χ1v) is 26.0. The Kier molecular flexibility index (Phi) is 15.0. The van der Waals surface area contributed by atoms with E-state index in [9.17, 15) is 9.18 Å². The number of aryl methyl sites for hydroxylation is 2. The van der Waals surface area contributed by atoms with Crippen LogP contribution < -0.4 is 20.0 Å². The van der Waals surface area contributed by atoms with E-state index in [0.717, 1.165) is 103 Å². The van der Waals surface area contributed by atoms with Crippen LogP contribution in [0.2, 0.25) is 5.02 Å². The highest BCUT2D eigenvalue weighted by Crippen LogP contribution is 2.41. The average Bonchev–Trinajstić information content (AvgIpc) is 4.00. The van der Waals surface area contributed by atoms with Gasteiger partial charge in [0, 0.05) is 77.4 Å². The molecule has 3 atom stereocenters. The van der Waals surface area contributed by atoms with Crippen molar-refractivity contribution >= 4 is 51.7 Å². The van der Waals surface area contributed by atoms with Gasteiger partial charge in [0.25, 0.3) is 0 Å². The van der Waals surface area contributed by atoms with Crippen molar-refractivity contribution in [3.8, 4) is 5.00 Å². The van der Waals surface area contributed by atoms with Crippen molar-refractivity contribution in [1.82, 2.24) is 25.1 Å². The summed E-state index contributed by atoms with van der Waals surface area (Å²) in [6.07, 6.45) is 20.7. The summed E-state index contributed by atoms with van der Waals surface area (Å²) in [5, 5.41) is 13.9. The van der Waals surface area contributed by atoms with Crippen LogP contribution in [0.15, 0.2) is 71.9 Å². The van der Waals surface area contributed by atoms with E-state index in [1.807, 2.05) is 43.5 Å². The molecule has 3 aromatic heterocycles. The van der Waals surface area contributed by atoms with Crippen LogP contribution in [-0.2, 0) is 4.79 Å². The highest BCUT2D eigenvalue weighted by atomic mass is 35.5. The number of aliphatic imine (C=N–C) groups is 1. The summed E-state index contributed by atoms with van der Waals surface area (Å²) in [6.45, 7) is 11.2. The number of nitrogens with zero attached hydrogens (tertiary/aromatic N) is 8. The van der Waals surface area contributed by atoms with Gasteiger partial charge in [-0.2, -0.15) is 0 Å². The summed E-state index contributed by atoms with van der Waals surface area (Å²) in [6, 6.07) is 19.8. The lowest BCUT2D eigenvalue weighted by Gasteiger charge is -2.41. The van der Waals surface area contributed by atoms with Crippen LogP contribution in [0.5, 0.6) is 0 Å². The minimum Gasteiger partial charge on any atom is -0.371 e. The second kappa shape index (κ2) is 21.4. The van der Waals surface area contributed by atoms with Gasteiger partial charge < -0.3 is 20.0 Å². The van der Waals surface area contributed by atoms with Gasteiger partial charge in [0.05, 0.1) is 24.2 Å². The number of anilines is 3. The summed E-state index contributed by atoms with van der Waals surface area (Å²) >= 11 is 7.98. The fourth-order valence-electron chi connectivity index (χ4n) is 11.1. The zero-order valence-electron chi connectivity index (χ0n) is 39.2. The van der Waals surface area contributed by atoms with Crippen molar-refractivity contribution in [3.05, 3.63) is 111 Å². The molecule has 0 aliphatic carbocycles. The minimum atomic E-state index is -0.452. The van der Waals surface area contributed by atoms with E-state index in [-0.39, 0.29) is 18.1 Å². The number of unbranched alkanes of at least 4 members (excludes halogenated alkanes) is 8. The first-order chi connectivity index (χ1) is 32.2. The standard InChI is InChI=1S/C53H67ClFN9OS/c1-36-37(2)66-53-50(36)51(40-19-21-41(54)22-20-40)58-45(52-60-59-38(3)64(52)53)35-49(65)57-27-12-10-8-6-4-5-7-9-11-15-39-24-30-61(31-25-39)43-23-28-56-48(34-43)63-32-26-47-46(63)18-14-29-62(47)44-17-13-16-42(55)33-44/h13,16-17,19-23,28,33-34,39,45-47H,4-12,14-15,18,24-27,29-32,35H2,1-3H3,(H,57,65)/t45-,46+,47+/m0/s1. The zero-order chi connectivity index (χ0) is 45.6. The Morgan fingerprint density at radius 1 is 0.803 bits per heavy atom. The van der Waals surface area contributed by atoms with Crippen molar-refractivity contribution in [1.29, 1.82) is 0 Å². The van der Waals surface area contributed by atoms with Crippen molar-refractivity contribution in [2.75, 3.05) is 47.4 Å². The number of pyridine rings is 1. The first-order valence-electron chi connectivity index (χ1n) is 24.8. The van der Waals surface area contributed by atoms with Crippen molar-refractivity contribution in [2.45, 2.75) is 142 Å². The SMILES string of the molecule is Cc1sc2c(c1C)C(c1ccc(Cl)cc1)=N[C@@H](CC(=O)NCCCCCCCCCCCC1CCN(c3ccnc(N4CC[C@@H]5[C@H]4CCCN5c4cccc(F)c4)c3)CC1)c1nnc(C)n1-2. The molecule has 9 rings (SSSR count). The molecule has 13 heteroatoms. The number of hydrogen-bond donors (Lipinski definition) is 1. The van der Waals surface area contributed by atoms with Gasteiger partial charge in [-0.15, -0.1) is 21.5 Å². The summed E-state index contributed by atoms with van der Waals surface area (Å²) in [5.41, 5.74) is 6.41. The lowest BCUT2D eigenvalue weighted by molar-refractivity contribution is -0.121. The van der Waals surface area contributed by atoms with E-state index < -0.39 is 6.04 Å². The maximum atomic E-state index is 14.1. The Balaban J connectivity index is 0.640. The molecule has 3 saturated heterocycles. The maximum Gasteiger partial charge on any atom is 0.222 e. The number of piperidine rings is 2. The molecule has 0 radical (unpaired) electrons. The molecule has 0 spiro atoms. The number of hydrogen-bond acceptors (Lipinski definition) is 9. The summed E-state index contributed by atoms with van der Waals surface area (Å²) in [5.74, 6) is 3.26. The molecular weight excluding hydrogens is 865 g/mol. The average molecular weight is 933 g/mol. The molecule has 7 heterocycles. The Morgan fingerprint density at radius 2 is 1.55 bits per heavy atom. The molecule has 0 unspecified atom stereocenters. The quantitative estimate of drug-likeness (QED) is 0.0875. The van der Waals surface area contributed by atoms with Crippen LogP contribution in [0.1, 0.15) is 142 Å². The fourth-order valence-corrected chi connectivity index (χ4v) is 12.4. The predicted molar refractivity (Wildman–Crippen MR) is 269 cm³/mol. The number of thiophene rings is 1. The predicted octanol–water partition coefficient (Wildman–Crippen LogP) is 11.9. The van der Waals surface area contributed by atoms with Crippen LogP contribution in [-0.4, -0.2) is 76.2 Å². The molecular formula is C53H67ClFN9OS. The minimum absolute atomic E-state index is 0.00865. The molecule has 350 valence electrons. The summed E-state index contributed by atoms with van der Waals surface area (Å²) in [4.78, 5) is 32.2. The third kappa shape index (κ3) is 10.5. The van der Waals surface area contributed by atoms with Gasteiger partial charge in [-0.05, 0) is 107 Å². The van der Waals surface area contributed by atoms with Crippen molar-refractivity contribution < 1.29 is 9.18 Å². The number of benzene rings is 2. The summed E-state index contributed by atoms with van der Waals surface area (Å²) in [7, 11) is 0. The lowest BCUT2D eigenvalue weighted by atomic mass is 9.91. The molecule has 1 N–H and O–H groups in total. The van der Waals surface area contributed by atoms with Crippen molar-refractivity contribution in [3.63, 3.8) is 0 Å². The number of halogens is 2. The van der Waals surface area contributed by atoms with E-state index in [1.54, 1.807) is 17.4 Å². The number of amides is 1. The Hall–Kier alpha value is -4.81. The van der Waals surface area contributed by atoms with Crippen molar-refractivity contribution in [2.24, 2.45) is 10.9 Å². The topological polar surface area (TPSA) is 94.8 Å². The van der Waals surface area contributed by atoms with Crippen LogP contribution >= 0.6 is 22.9 Å². The van der Waals surface area contributed by atoms with Gasteiger partial charge >= 0.3 is 0 Å². The van der Waals surface area contributed by atoms with E-state index in [2.05, 4.69) is 66.8 Å². The molecule has 4 aliphatic heterocycles. The monoisotopic (exact) mass is 931 g/mol. The van der Waals surface area contributed by atoms with Crippen LogP contribution in [0.4, 0.5) is 21.6 Å². The Labute approximate surface area is 400 Å². The van der Waals surface area contributed by atoms with Gasteiger partial charge in [-0.1, -0.05) is 87.6 Å².